The zero-order valence-corrected chi connectivity index (χ0v) is 18.7. The van der Waals surface area contributed by atoms with E-state index in [1.807, 2.05) is 19.1 Å². The summed E-state index contributed by atoms with van der Waals surface area (Å²) in [6.45, 7) is 1.05. The molecule has 8 heteroatoms. The third kappa shape index (κ3) is 5.16. The number of hydrogen-bond acceptors (Lipinski definition) is 5. The molecule has 0 unspecified atom stereocenters. The summed E-state index contributed by atoms with van der Waals surface area (Å²) in [5, 5.41) is 0. The molecule has 176 valence electrons. The molecule has 3 aliphatic rings. The maximum atomic E-state index is 12.1. The molecule has 2 N–H and O–H groups in total. The standard InChI is InChI=1S/C14H15F2NO2.C11H14N2O/c1-10-8-11(19-14(15)16)5-6-12(10)13-4-2-3-7-17(13)9-18;12-11-9-6-14-5-8(9)7-3-1-2-4-10(7)13-11/h2,4-6,8-9,13-14H,3,7H2,1H3;1-6H2,(H2,12,13)/t13-;/m1./s1. The minimum Gasteiger partial charge on any atom is -0.435 e. The number of ether oxygens (including phenoxy) is 2. The molecule has 2 aliphatic heterocycles. The van der Waals surface area contributed by atoms with Crippen molar-refractivity contribution >= 4 is 12.2 Å². The molecule has 0 radical (unpaired) electrons. The molecule has 0 spiro atoms. The van der Waals surface area contributed by atoms with Crippen molar-refractivity contribution in [2.45, 2.75) is 64.9 Å². The number of fused-ring (bicyclic) bond motifs is 3. The summed E-state index contributed by atoms with van der Waals surface area (Å²) in [6, 6.07) is 4.66. The Morgan fingerprint density at radius 1 is 1.21 bits per heavy atom. The van der Waals surface area contributed by atoms with Gasteiger partial charge in [-0.3, -0.25) is 4.79 Å². The number of carbonyl (C=O) groups is 1. The predicted octanol–water partition coefficient (Wildman–Crippen LogP) is 4.63. The number of aryl methyl sites for hydroxylation is 2. The van der Waals surface area contributed by atoms with Gasteiger partial charge in [-0.1, -0.05) is 18.2 Å². The fourth-order valence-electron chi connectivity index (χ4n) is 4.73. The number of pyridine rings is 1. The number of anilines is 1. The summed E-state index contributed by atoms with van der Waals surface area (Å²) in [5.74, 6) is 0.826. The van der Waals surface area contributed by atoms with Crippen molar-refractivity contribution < 1.29 is 23.0 Å². The average Bonchev–Trinajstić information content (AvgIpc) is 3.31. The van der Waals surface area contributed by atoms with Crippen LogP contribution in [0.15, 0.2) is 30.4 Å². The Morgan fingerprint density at radius 3 is 2.76 bits per heavy atom. The number of halogens is 2. The summed E-state index contributed by atoms with van der Waals surface area (Å²) in [7, 11) is 0. The van der Waals surface area contributed by atoms with Gasteiger partial charge in [0.1, 0.15) is 11.6 Å². The molecule has 2 aromatic rings. The third-order valence-corrected chi connectivity index (χ3v) is 6.37. The fourth-order valence-corrected chi connectivity index (χ4v) is 4.73. The number of hydrogen-bond donors (Lipinski definition) is 1. The van der Waals surface area contributed by atoms with Gasteiger partial charge in [0, 0.05) is 17.8 Å². The Labute approximate surface area is 192 Å². The van der Waals surface area contributed by atoms with Crippen molar-refractivity contribution in [2.75, 3.05) is 12.3 Å². The lowest BCUT2D eigenvalue weighted by Gasteiger charge is -2.30. The number of carbonyl (C=O) groups excluding carboxylic acids is 1. The molecule has 0 fully saturated rings. The molecule has 3 heterocycles. The Morgan fingerprint density at radius 2 is 2.00 bits per heavy atom. The van der Waals surface area contributed by atoms with Gasteiger partial charge in [0.2, 0.25) is 6.41 Å². The van der Waals surface area contributed by atoms with E-state index >= 15 is 0 Å². The quantitative estimate of drug-likeness (QED) is 0.535. The molecule has 0 saturated heterocycles. The lowest BCUT2D eigenvalue weighted by atomic mass is 9.91. The highest BCUT2D eigenvalue weighted by atomic mass is 19.3. The molecule has 1 aliphatic carbocycles. The summed E-state index contributed by atoms with van der Waals surface area (Å²) in [5.41, 5.74) is 12.8. The van der Waals surface area contributed by atoms with Gasteiger partial charge >= 0.3 is 6.61 Å². The minimum absolute atomic E-state index is 0.133. The molecule has 5 rings (SSSR count). The summed E-state index contributed by atoms with van der Waals surface area (Å²) in [6.07, 6.45) is 10.4. The van der Waals surface area contributed by atoms with Gasteiger partial charge in [0.25, 0.3) is 0 Å². The highest BCUT2D eigenvalue weighted by molar-refractivity contribution is 5.52. The van der Waals surface area contributed by atoms with Crippen LogP contribution in [0.2, 0.25) is 0 Å². The number of alkyl halides is 2. The van der Waals surface area contributed by atoms with Gasteiger partial charge in [0.05, 0.1) is 19.3 Å². The number of nitrogens with two attached hydrogens (primary N) is 1. The van der Waals surface area contributed by atoms with Crippen LogP contribution in [0.4, 0.5) is 14.6 Å². The number of amides is 1. The van der Waals surface area contributed by atoms with Gasteiger partial charge in [0.15, 0.2) is 0 Å². The number of rotatable bonds is 4. The van der Waals surface area contributed by atoms with Gasteiger partial charge < -0.3 is 20.1 Å². The van der Waals surface area contributed by atoms with Crippen molar-refractivity contribution in [2.24, 2.45) is 0 Å². The van der Waals surface area contributed by atoms with Crippen LogP contribution < -0.4 is 10.5 Å². The highest BCUT2D eigenvalue weighted by Crippen LogP contribution is 2.33. The van der Waals surface area contributed by atoms with Gasteiger partial charge in [-0.05, 0) is 73.4 Å². The highest BCUT2D eigenvalue weighted by Gasteiger charge is 2.24. The van der Waals surface area contributed by atoms with Crippen LogP contribution in [0.1, 0.15) is 58.8 Å². The second-order valence-corrected chi connectivity index (χ2v) is 8.48. The molecular weight excluding hydrogens is 428 g/mol. The zero-order chi connectivity index (χ0) is 23.4. The van der Waals surface area contributed by atoms with Crippen molar-refractivity contribution in [3.63, 3.8) is 0 Å². The molecule has 1 aromatic heterocycles. The van der Waals surface area contributed by atoms with E-state index in [4.69, 9.17) is 10.5 Å². The van der Waals surface area contributed by atoms with Crippen molar-refractivity contribution in [1.29, 1.82) is 0 Å². The summed E-state index contributed by atoms with van der Waals surface area (Å²) in [4.78, 5) is 17.2. The molecule has 1 atom stereocenters. The van der Waals surface area contributed by atoms with Crippen LogP contribution in [0.3, 0.4) is 0 Å². The Bertz CT molecular complexity index is 1040. The van der Waals surface area contributed by atoms with E-state index in [9.17, 15) is 13.6 Å². The maximum Gasteiger partial charge on any atom is 0.387 e. The number of nitrogens with zero attached hydrogens (tertiary/aromatic N) is 2. The fraction of sp³-hybridized carbons (Fsp3) is 0.440. The topological polar surface area (TPSA) is 77.7 Å². The van der Waals surface area contributed by atoms with E-state index in [0.717, 1.165) is 49.0 Å². The second kappa shape index (κ2) is 10.3. The summed E-state index contributed by atoms with van der Waals surface area (Å²) < 4.78 is 34.1. The van der Waals surface area contributed by atoms with Gasteiger partial charge in [-0.15, -0.1) is 0 Å². The van der Waals surface area contributed by atoms with E-state index in [1.165, 1.54) is 35.7 Å². The predicted molar refractivity (Wildman–Crippen MR) is 121 cm³/mol. The monoisotopic (exact) mass is 457 g/mol. The number of nitrogen functional groups attached to an aromatic ring is 1. The Balaban J connectivity index is 0.000000163. The van der Waals surface area contributed by atoms with Crippen LogP contribution in [-0.2, 0) is 35.6 Å². The largest absolute Gasteiger partial charge is 0.435 e. The second-order valence-electron chi connectivity index (χ2n) is 8.48. The zero-order valence-electron chi connectivity index (χ0n) is 18.7. The van der Waals surface area contributed by atoms with E-state index in [-0.39, 0.29) is 11.8 Å². The minimum atomic E-state index is -2.83. The number of benzene rings is 1. The van der Waals surface area contributed by atoms with Crippen LogP contribution in [-0.4, -0.2) is 29.5 Å². The SMILES string of the molecule is Cc1cc(OC(F)F)ccc1[C@H]1C=CCCN1C=O.Nc1nc2c(c3c1COC3)CCCC2. The molecule has 6 nitrogen and oxygen atoms in total. The van der Waals surface area contributed by atoms with Crippen molar-refractivity contribution in [3.05, 3.63) is 63.9 Å². The first kappa shape index (κ1) is 23.2. The molecular formula is C25H29F2N3O3. The lowest BCUT2D eigenvalue weighted by Crippen LogP contribution is -2.29. The average molecular weight is 458 g/mol. The van der Waals surface area contributed by atoms with Crippen LogP contribution >= 0.6 is 0 Å². The lowest BCUT2D eigenvalue weighted by molar-refractivity contribution is -0.119. The van der Waals surface area contributed by atoms with Crippen LogP contribution in [0.5, 0.6) is 5.75 Å². The maximum absolute atomic E-state index is 12.1. The van der Waals surface area contributed by atoms with E-state index in [2.05, 4.69) is 9.72 Å². The third-order valence-electron chi connectivity index (χ3n) is 6.37. The van der Waals surface area contributed by atoms with Crippen molar-refractivity contribution in [1.82, 2.24) is 9.88 Å². The molecule has 1 aromatic carbocycles. The Hall–Kier alpha value is -3.00. The van der Waals surface area contributed by atoms with Gasteiger partial charge in [-0.2, -0.15) is 8.78 Å². The molecule has 0 bridgehead atoms. The first-order chi connectivity index (χ1) is 16.0. The Kier molecular flexibility index (Phi) is 7.23. The molecule has 33 heavy (non-hydrogen) atoms. The first-order valence-corrected chi connectivity index (χ1v) is 11.3. The number of aromatic nitrogens is 1. The smallest absolute Gasteiger partial charge is 0.387 e. The normalized spacial score (nSPS) is 18.9. The van der Waals surface area contributed by atoms with E-state index in [0.29, 0.717) is 19.0 Å². The van der Waals surface area contributed by atoms with Crippen LogP contribution in [0, 0.1) is 6.92 Å². The summed E-state index contributed by atoms with van der Waals surface area (Å²) >= 11 is 0. The first-order valence-electron chi connectivity index (χ1n) is 11.3. The van der Waals surface area contributed by atoms with Crippen LogP contribution in [0.25, 0.3) is 0 Å². The molecule has 0 saturated carbocycles. The van der Waals surface area contributed by atoms with E-state index in [1.54, 1.807) is 17.0 Å². The van der Waals surface area contributed by atoms with Crippen molar-refractivity contribution in [3.8, 4) is 5.75 Å². The van der Waals surface area contributed by atoms with E-state index < -0.39 is 6.61 Å². The molecule has 1 amide bonds. The van der Waals surface area contributed by atoms with Gasteiger partial charge in [-0.25, -0.2) is 4.98 Å².